The summed E-state index contributed by atoms with van der Waals surface area (Å²) >= 11 is 3.77. The fourth-order valence-corrected chi connectivity index (χ4v) is 3.39. The lowest BCUT2D eigenvalue weighted by Crippen LogP contribution is -2.26. The lowest BCUT2D eigenvalue weighted by molar-refractivity contribution is 0.726. The first-order valence-corrected chi connectivity index (χ1v) is 12.4. The van der Waals surface area contributed by atoms with Crippen LogP contribution in [0.1, 0.15) is 19.4 Å². The molecule has 5 heteroatoms. The van der Waals surface area contributed by atoms with Crippen molar-refractivity contribution in [1.82, 2.24) is 5.32 Å². The van der Waals surface area contributed by atoms with Gasteiger partial charge in [0.1, 0.15) is 0 Å². The molecule has 0 saturated carbocycles. The predicted octanol–water partition coefficient (Wildman–Crippen LogP) is 5.43. The third-order valence-electron chi connectivity index (χ3n) is 4.88. The Morgan fingerprint density at radius 2 is 1.64 bits per heavy atom. The van der Waals surface area contributed by atoms with Gasteiger partial charge in [-0.2, -0.15) is 23.5 Å². The van der Waals surface area contributed by atoms with Gasteiger partial charge in [-0.3, -0.25) is 0 Å². The van der Waals surface area contributed by atoms with Crippen LogP contribution >= 0.6 is 23.5 Å². The second kappa shape index (κ2) is 11.0. The molecule has 2 aromatic carbocycles. The Kier molecular flexibility index (Phi) is 9.06. The van der Waals surface area contributed by atoms with Gasteiger partial charge in [-0.05, 0) is 67.3 Å². The average molecular weight is 418 g/mol. The minimum absolute atomic E-state index is 0.213. The molecule has 0 aliphatic rings. The first kappa shape index (κ1) is 23.0. The molecule has 28 heavy (non-hydrogen) atoms. The lowest BCUT2D eigenvalue weighted by atomic mass is 10.0. The summed E-state index contributed by atoms with van der Waals surface area (Å²) in [6.07, 6.45) is 4.32. The summed E-state index contributed by atoms with van der Waals surface area (Å²) in [7, 11) is 4.15. The van der Waals surface area contributed by atoms with E-state index < -0.39 is 0 Å². The quantitative estimate of drug-likeness (QED) is 0.476. The Morgan fingerprint density at radius 1 is 0.964 bits per heavy atom. The highest BCUT2D eigenvalue weighted by Crippen LogP contribution is 2.28. The molecule has 0 radical (unpaired) electrons. The molecule has 0 unspecified atom stereocenters. The molecule has 0 aliphatic carbocycles. The molecule has 2 aromatic rings. The van der Waals surface area contributed by atoms with E-state index in [0.29, 0.717) is 0 Å². The van der Waals surface area contributed by atoms with E-state index in [1.807, 2.05) is 23.5 Å². The molecule has 3 nitrogen and oxygen atoms in total. The Labute approximate surface area is 180 Å². The van der Waals surface area contributed by atoms with Crippen LogP contribution in [0.5, 0.6) is 0 Å². The van der Waals surface area contributed by atoms with Gasteiger partial charge in [0.05, 0.1) is 0 Å². The number of thioether (sulfide) groups is 2. The van der Waals surface area contributed by atoms with Crippen LogP contribution in [-0.2, 0) is 6.54 Å². The van der Waals surface area contributed by atoms with Gasteiger partial charge < -0.3 is 15.5 Å². The monoisotopic (exact) mass is 417 g/mol. The normalized spacial score (nSPS) is 11.5. The zero-order valence-electron chi connectivity index (χ0n) is 18.1. The molecular formula is C23H35N3S2. The molecule has 2 N–H and O–H groups in total. The van der Waals surface area contributed by atoms with E-state index in [9.17, 15) is 0 Å². The van der Waals surface area contributed by atoms with Crippen molar-refractivity contribution in [2.45, 2.75) is 25.1 Å². The van der Waals surface area contributed by atoms with Crippen molar-refractivity contribution in [2.24, 2.45) is 0 Å². The summed E-state index contributed by atoms with van der Waals surface area (Å²) in [5.74, 6) is 1.13. The lowest BCUT2D eigenvalue weighted by Gasteiger charge is -2.24. The van der Waals surface area contributed by atoms with Gasteiger partial charge in [0, 0.05) is 55.6 Å². The number of rotatable bonds is 11. The van der Waals surface area contributed by atoms with Crippen molar-refractivity contribution >= 4 is 34.9 Å². The van der Waals surface area contributed by atoms with Crippen molar-refractivity contribution in [2.75, 3.05) is 55.7 Å². The van der Waals surface area contributed by atoms with Gasteiger partial charge in [-0.25, -0.2) is 0 Å². The zero-order chi connectivity index (χ0) is 20.6. The highest BCUT2D eigenvalue weighted by molar-refractivity contribution is 8.00. The minimum Gasteiger partial charge on any atom is -0.383 e. The molecule has 154 valence electrons. The summed E-state index contributed by atoms with van der Waals surface area (Å²) in [6, 6.07) is 15.6. The molecule has 2 rings (SSSR count). The van der Waals surface area contributed by atoms with Crippen molar-refractivity contribution in [1.29, 1.82) is 0 Å². The molecule has 0 amide bonds. The van der Waals surface area contributed by atoms with Gasteiger partial charge in [0.2, 0.25) is 0 Å². The molecule has 0 bridgehead atoms. The van der Waals surface area contributed by atoms with E-state index >= 15 is 0 Å². The SMILES string of the molecule is CSCCNCc1cc(-c2ccc(N(C)C)cc2)ccc1NCC(C)(C)SC. The van der Waals surface area contributed by atoms with E-state index in [0.717, 1.165) is 25.4 Å². The fraction of sp³-hybridized carbons (Fsp3) is 0.478. The van der Waals surface area contributed by atoms with Crippen molar-refractivity contribution < 1.29 is 0 Å². The third-order valence-corrected chi connectivity index (χ3v) is 6.74. The smallest absolute Gasteiger partial charge is 0.0386 e. The number of anilines is 2. The van der Waals surface area contributed by atoms with Crippen molar-refractivity contribution in [3.8, 4) is 11.1 Å². The first-order valence-electron chi connectivity index (χ1n) is 9.75. The molecule has 0 atom stereocenters. The Balaban J connectivity index is 2.22. The Morgan fingerprint density at radius 3 is 2.25 bits per heavy atom. The second-order valence-electron chi connectivity index (χ2n) is 7.80. The maximum Gasteiger partial charge on any atom is 0.0386 e. The van der Waals surface area contributed by atoms with Crippen molar-refractivity contribution in [3.63, 3.8) is 0 Å². The van der Waals surface area contributed by atoms with Gasteiger partial charge in [-0.15, -0.1) is 0 Å². The number of hydrogen-bond donors (Lipinski definition) is 2. The highest BCUT2D eigenvalue weighted by atomic mass is 32.2. The summed E-state index contributed by atoms with van der Waals surface area (Å²) in [5.41, 5.74) is 6.30. The predicted molar refractivity (Wildman–Crippen MR) is 132 cm³/mol. The molecule has 0 fully saturated rings. The van der Waals surface area contributed by atoms with E-state index in [-0.39, 0.29) is 4.75 Å². The second-order valence-corrected chi connectivity index (χ2v) is 10.3. The van der Waals surface area contributed by atoms with Gasteiger partial charge in [-0.1, -0.05) is 18.2 Å². The van der Waals surface area contributed by atoms with Crippen LogP contribution in [0.15, 0.2) is 42.5 Å². The number of nitrogens with zero attached hydrogens (tertiary/aromatic N) is 1. The molecule has 0 spiro atoms. The topological polar surface area (TPSA) is 27.3 Å². The summed E-state index contributed by atoms with van der Waals surface area (Å²) in [5, 5.41) is 7.26. The summed E-state index contributed by atoms with van der Waals surface area (Å²) < 4.78 is 0.213. The van der Waals surface area contributed by atoms with Crippen LogP contribution in [-0.4, -0.2) is 50.2 Å². The molecule has 0 aromatic heterocycles. The molecule has 0 saturated heterocycles. The Bertz CT molecular complexity index is 727. The van der Waals surface area contributed by atoms with Gasteiger partial charge >= 0.3 is 0 Å². The van der Waals surface area contributed by atoms with Gasteiger partial charge in [0.25, 0.3) is 0 Å². The van der Waals surface area contributed by atoms with E-state index in [1.54, 1.807) is 0 Å². The first-order chi connectivity index (χ1) is 13.4. The summed E-state index contributed by atoms with van der Waals surface area (Å²) in [4.78, 5) is 2.13. The number of benzene rings is 2. The number of nitrogens with one attached hydrogen (secondary N) is 2. The molecule has 0 heterocycles. The van der Waals surface area contributed by atoms with Crippen LogP contribution in [0.3, 0.4) is 0 Å². The van der Waals surface area contributed by atoms with E-state index in [4.69, 9.17) is 0 Å². The number of hydrogen-bond acceptors (Lipinski definition) is 5. The zero-order valence-corrected chi connectivity index (χ0v) is 19.8. The van der Waals surface area contributed by atoms with Crippen LogP contribution in [0, 0.1) is 0 Å². The molecule has 0 aliphatic heterocycles. The Hall–Kier alpha value is -1.30. The largest absolute Gasteiger partial charge is 0.383 e. The standard InChI is InChI=1S/C23H35N3S2/c1-23(2,28-6)17-25-22-12-9-19(15-20(22)16-24-13-14-27-5)18-7-10-21(11-8-18)26(3)4/h7-12,15,24-25H,13-14,16-17H2,1-6H3. The fourth-order valence-electron chi connectivity index (χ4n) is 2.82. The van der Waals surface area contributed by atoms with Crippen LogP contribution < -0.4 is 15.5 Å². The highest BCUT2D eigenvalue weighted by Gasteiger charge is 2.16. The van der Waals surface area contributed by atoms with E-state index in [1.165, 1.54) is 28.1 Å². The van der Waals surface area contributed by atoms with Crippen LogP contribution in [0.2, 0.25) is 0 Å². The minimum atomic E-state index is 0.213. The van der Waals surface area contributed by atoms with Crippen molar-refractivity contribution in [3.05, 3.63) is 48.0 Å². The third kappa shape index (κ3) is 6.94. The van der Waals surface area contributed by atoms with Crippen LogP contribution in [0.4, 0.5) is 11.4 Å². The van der Waals surface area contributed by atoms with Crippen LogP contribution in [0.25, 0.3) is 11.1 Å². The van der Waals surface area contributed by atoms with Gasteiger partial charge in [0.15, 0.2) is 0 Å². The van der Waals surface area contributed by atoms with E-state index in [2.05, 4.69) is 98.5 Å². The maximum absolute atomic E-state index is 3.68. The maximum atomic E-state index is 3.68. The molecular weight excluding hydrogens is 382 g/mol. The summed E-state index contributed by atoms with van der Waals surface area (Å²) in [6.45, 7) is 7.41. The average Bonchev–Trinajstić information content (AvgIpc) is 2.70.